The molecule has 0 atom stereocenters. The SMILES string of the molecule is CC1(C)C2=C(CCC=C2)c2c(-c3ccccc3N(c3ccc(-c4cccc5cccc(-c6ccccc6)c45)cc3)c3ccccc3-c3cccc4c3sc3ccccc34)cccc21. The summed E-state index contributed by atoms with van der Waals surface area (Å²) in [4.78, 5) is 2.52. The first-order valence-corrected chi connectivity index (χ1v) is 23.0. The van der Waals surface area contributed by atoms with Crippen molar-refractivity contribution < 1.29 is 0 Å². The van der Waals surface area contributed by atoms with Crippen LogP contribution in [0.2, 0.25) is 0 Å². The second kappa shape index (κ2) is 15.0. The molecule has 9 aromatic carbocycles. The Morgan fingerprint density at radius 1 is 0.476 bits per heavy atom. The number of rotatable bonds is 7. The lowest BCUT2D eigenvalue weighted by molar-refractivity contribution is 0.651. The molecule has 0 aliphatic heterocycles. The second-order valence-electron chi connectivity index (χ2n) is 17.5. The molecule has 0 bridgehead atoms. The Bertz CT molecular complexity index is 3470. The smallest absolute Gasteiger partial charge is 0.0540 e. The number of fused-ring (bicyclic) bond motifs is 6. The van der Waals surface area contributed by atoms with Crippen molar-refractivity contribution in [2.24, 2.45) is 0 Å². The van der Waals surface area contributed by atoms with E-state index in [0.29, 0.717) is 0 Å². The summed E-state index contributed by atoms with van der Waals surface area (Å²) in [7, 11) is 0. The molecule has 0 N–H and O–H groups in total. The van der Waals surface area contributed by atoms with Crippen LogP contribution in [-0.2, 0) is 5.41 Å². The minimum Gasteiger partial charge on any atom is -0.309 e. The Morgan fingerprint density at radius 3 is 1.81 bits per heavy atom. The van der Waals surface area contributed by atoms with Gasteiger partial charge in [-0.15, -0.1) is 11.3 Å². The standard InChI is InChI=1S/C61H45NS/c1-61(2)53-31-10-6-25-52(53)59-49(28-17-32-54(59)61)46-22-7-11-33-55(46)62(56-34-12-8-23-47(56)50-29-16-30-51-48-24-9-13-35-57(48)63-60(50)51)43-38-36-41(37-39-43)45-27-15-21-42-20-14-26-44(58(42)45)40-18-4-3-5-19-40/h3-5,7-24,26-39H,6,25H2,1-2H3. The normalized spacial score (nSPS) is 14.1. The van der Waals surface area contributed by atoms with E-state index in [0.717, 1.165) is 29.9 Å². The molecule has 0 spiro atoms. The van der Waals surface area contributed by atoms with Crippen molar-refractivity contribution in [3.63, 3.8) is 0 Å². The summed E-state index contributed by atoms with van der Waals surface area (Å²) in [5.41, 5.74) is 19.0. The van der Waals surface area contributed by atoms with Crippen LogP contribution in [0, 0.1) is 0 Å². The Hall–Kier alpha value is -7.26. The van der Waals surface area contributed by atoms with Gasteiger partial charge in [-0.05, 0) is 104 Å². The minimum absolute atomic E-state index is 0.0560. The first kappa shape index (κ1) is 37.5. The highest BCUT2D eigenvalue weighted by molar-refractivity contribution is 7.26. The maximum atomic E-state index is 2.52. The minimum atomic E-state index is -0.0560. The van der Waals surface area contributed by atoms with E-state index in [-0.39, 0.29) is 5.41 Å². The summed E-state index contributed by atoms with van der Waals surface area (Å²) < 4.78 is 2.62. The van der Waals surface area contributed by atoms with Gasteiger partial charge in [-0.2, -0.15) is 0 Å². The number of allylic oxidation sites excluding steroid dienone is 4. The molecule has 2 heteroatoms. The second-order valence-corrected chi connectivity index (χ2v) is 18.5. The van der Waals surface area contributed by atoms with Gasteiger partial charge in [0.05, 0.1) is 11.4 Å². The van der Waals surface area contributed by atoms with Gasteiger partial charge in [-0.25, -0.2) is 0 Å². The summed E-state index contributed by atoms with van der Waals surface area (Å²) in [5.74, 6) is 0. The largest absolute Gasteiger partial charge is 0.309 e. The zero-order valence-electron chi connectivity index (χ0n) is 35.5. The molecule has 12 rings (SSSR count). The number of para-hydroxylation sites is 2. The first-order chi connectivity index (χ1) is 31.0. The summed E-state index contributed by atoms with van der Waals surface area (Å²) >= 11 is 1.89. The molecule has 0 radical (unpaired) electrons. The molecule has 0 fully saturated rings. The van der Waals surface area contributed by atoms with E-state index in [9.17, 15) is 0 Å². The van der Waals surface area contributed by atoms with Gasteiger partial charge in [-0.1, -0.05) is 196 Å². The Labute approximate surface area is 373 Å². The molecule has 2 aliphatic carbocycles. The van der Waals surface area contributed by atoms with Gasteiger partial charge in [-0.3, -0.25) is 0 Å². The van der Waals surface area contributed by atoms with E-state index >= 15 is 0 Å². The number of hydrogen-bond donors (Lipinski definition) is 0. The quantitative estimate of drug-likeness (QED) is 0.155. The van der Waals surface area contributed by atoms with Crippen molar-refractivity contribution in [1.82, 2.24) is 0 Å². The van der Waals surface area contributed by atoms with Gasteiger partial charge in [0.2, 0.25) is 0 Å². The molecule has 10 aromatic rings. The van der Waals surface area contributed by atoms with E-state index in [2.05, 4.69) is 231 Å². The molecule has 63 heavy (non-hydrogen) atoms. The van der Waals surface area contributed by atoms with Crippen molar-refractivity contribution in [3.05, 3.63) is 229 Å². The topological polar surface area (TPSA) is 3.24 Å². The van der Waals surface area contributed by atoms with Gasteiger partial charge >= 0.3 is 0 Å². The zero-order valence-corrected chi connectivity index (χ0v) is 36.3. The monoisotopic (exact) mass is 823 g/mol. The number of anilines is 3. The van der Waals surface area contributed by atoms with Crippen LogP contribution in [0.4, 0.5) is 17.1 Å². The number of benzene rings is 9. The Kier molecular flexibility index (Phi) is 8.91. The molecule has 1 heterocycles. The lowest BCUT2D eigenvalue weighted by Crippen LogP contribution is -2.16. The van der Waals surface area contributed by atoms with Gasteiger partial charge in [0, 0.05) is 48.0 Å². The third kappa shape index (κ3) is 6.04. The van der Waals surface area contributed by atoms with Crippen molar-refractivity contribution in [1.29, 1.82) is 0 Å². The molecule has 0 saturated carbocycles. The lowest BCUT2D eigenvalue weighted by Gasteiger charge is -2.31. The molecular weight excluding hydrogens is 779 g/mol. The fourth-order valence-corrected chi connectivity index (χ4v) is 11.9. The molecule has 1 aromatic heterocycles. The average Bonchev–Trinajstić information content (AvgIpc) is 3.84. The highest BCUT2D eigenvalue weighted by atomic mass is 32.1. The van der Waals surface area contributed by atoms with Crippen molar-refractivity contribution in [3.8, 4) is 44.5 Å². The summed E-state index contributed by atoms with van der Waals surface area (Å²) in [5, 5.41) is 5.13. The molecule has 300 valence electrons. The van der Waals surface area contributed by atoms with Crippen molar-refractivity contribution in [2.75, 3.05) is 4.90 Å². The van der Waals surface area contributed by atoms with E-state index in [1.54, 1.807) is 0 Å². The average molecular weight is 824 g/mol. The van der Waals surface area contributed by atoms with Gasteiger partial charge in [0.25, 0.3) is 0 Å². The highest BCUT2D eigenvalue weighted by Crippen LogP contribution is 2.55. The molecule has 1 nitrogen and oxygen atoms in total. The van der Waals surface area contributed by atoms with Crippen LogP contribution in [0.15, 0.2) is 218 Å². The number of hydrogen-bond acceptors (Lipinski definition) is 2. The Morgan fingerprint density at radius 2 is 1.05 bits per heavy atom. The highest BCUT2D eigenvalue weighted by Gasteiger charge is 2.39. The maximum absolute atomic E-state index is 2.52. The van der Waals surface area contributed by atoms with Crippen LogP contribution >= 0.6 is 11.3 Å². The van der Waals surface area contributed by atoms with E-state index in [1.165, 1.54) is 97.7 Å². The van der Waals surface area contributed by atoms with E-state index < -0.39 is 0 Å². The van der Waals surface area contributed by atoms with Gasteiger partial charge in [0.1, 0.15) is 0 Å². The number of thiophene rings is 1. The summed E-state index contributed by atoms with van der Waals surface area (Å²) in [6, 6.07) is 74.2. The van der Waals surface area contributed by atoms with Crippen LogP contribution in [-0.4, -0.2) is 0 Å². The summed E-state index contributed by atoms with van der Waals surface area (Å²) in [6.45, 7) is 4.80. The molecule has 0 unspecified atom stereocenters. The molecule has 2 aliphatic rings. The van der Waals surface area contributed by atoms with Crippen LogP contribution in [0.25, 0.3) is 81.0 Å². The van der Waals surface area contributed by atoms with Crippen molar-refractivity contribution in [2.45, 2.75) is 32.1 Å². The zero-order chi connectivity index (χ0) is 42.1. The predicted octanol–water partition coefficient (Wildman–Crippen LogP) is 17.7. The van der Waals surface area contributed by atoms with Crippen LogP contribution in [0.3, 0.4) is 0 Å². The molecule has 0 amide bonds. The van der Waals surface area contributed by atoms with E-state index in [1.807, 2.05) is 11.3 Å². The molecule has 0 saturated heterocycles. The fraction of sp³-hybridized carbons (Fsp3) is 0.0820. The maximum Gasteiger partial charge on any atom is 0.0540 e. The van der Waals surface area contributed by atoms with Crippen molar-refractivity contribution >= 4 is 64.9 Å². The van der Waals surface area contributed by atoms with Gasteiger partial charge < -0.3 is 4.90 Å². The fourth-order valence-electron chi connectivity index (χ4n) is 10.7. The number of nitrogens with zero attached hydrogens (tertiary/aromatic N) is 1. The van der Waals surface area contributed by atoms with Crippen LogP contribution in [0.1, 0.15) is 37.8 Å². The van der Waals surface area contributed by atoms with Crippen LogP contribution in [0.5, 0.6) is 0 Å². The third-order valence-corrected chi connectivity index (χ3v) is 14.8. The third-order valence-electron chi connectivity index (χ3n) is 13.6. The van der Waals surface area contributed by atoms with E-state index in [4.69, 9.17) is 0 Å². The predicted molar refractivity (Wildman–Crippen MR) is 272 cm³/mol. The van der Waals surface area contributed by atoms with Gasteiger partial charge in [0.15, 0.2) is 0 Å². The molecular formula is C61H45NS. The van der Waals surface area contributed by atoms with Crippen LogP contribution < -0.4 is 4.90 Å². The first-order valence-electron chi connectivity index (χ1n) is 22.2. The lowest BCUT2D eigenvalue weighted by atomic mass is 9.80. The summed E-state index contributed by atoms with van der Waals surface area (Å²) in [6.07, 6.45) is 6.89. The Balaban J connectivity index is 1.08.